The minimum absolute atomic E-state index is 0.209. The van der Waals surface area contributed by atoms with Crippen molar-refractivity contribution in [2.45, 2.75) is 5.92 Å². The monoisotopic (exact) mass is 303 g/mol. The minimum Gasteiger partial charge on any atom is -0.359 e. The van der Waals surface area contributed by atoms with Gasteiger partial charge in [0.25, 0.3) is 0 Å². The Morgan fingerprint density at radius 1 is 1.04 bits per heavy atom. The highest BCUT2D eigenvalue weighted by Crippen LogP contribution is 2.66. The molecule has 23 heavy (non-hydrogen) atoms. The van der Waals surface area contributed by atoms with Crippen LogP contribution in [-0.2, 0) is 0 Å². The van der Waals surface area contributed by atoms with Gasteiger partial charge in [-0.2, -0.15) is 10.5 Å². The van der Waals surface area contributed by atoms with Gasteiger partial charge in [0.2, 0.25) is 0 Å². The lowest BCUT2D eigenvalue weighted by Gasteiger charge is -2.09. The Labute approximate surface area is 134 Å². The van der Waals surface area contributed by atoms with E-state index in [1.165, 1.54) is 12.1 Å². The summed E-state index contributed by atoms with van der Waals surface area (Å²) in [5, 5.41) is 22.1. The molecular formula is C19H14FN3. The van der Waals surface area contributed by atoms with Crippen molar-refractivity contribution in [2.75, 3.05) is 5.32 Å². The average molecular weight is 303 g/mol. The Morgan fingerprint density at radius 3 is 2.22 bits per heavy atom. The Morgan fingerprint density at radius 2 is 1.65 bits per heavy atom. The summed E-state index contributed by atoms with van der Waals surface area (Å²) in [6.45, 7) is 3.99. The molecule has 0 spiro atoms. The van der Waals surface area contributed by atoms with Gasteiger partial charge in [-0.25, -0.2) is 4.39 Å². The quantitative estimate of drug-likeness (QED) is 0.921. The molecule has 1 fully saturated rings. The predicted octanol–water partition coefficient (Wildman–Crippen LogP) is 4.20. The van der Waals surface area contributed by atoms with Gasteiger partial charge in [-0.1, -0.05) is 36.9 Å². The van der Waals surface area contributed by atoms with Crippen LogP contribution in [-0.4, -0.2) is 0 Å². The lowest BCUT2D eigenvalue weighted by atomic mass is 10.0. The summed E-state index contributed by atoms with van der Waals surface area (Å²) in [6, 6.07) is 19.7. The molecule has 0 aliphatic heterocycles. The molecule has 0 bridgehead atoms. The second-order valence-electron chi connectivity index (χ2n) is 5.62. The fraction of sp³-hybridized carbons (Fsp3) is 0.158. The Kier molecular flexibility index (Phi) is 3.60. The molecular weight excluding hydrogens is 289 g/mol. The molecule has 1 aliphatic rings. The van der Waals surface area contributed by atoms with Crippen LogP contribution in [0.4, 0.5) is 10.1 Å². The molecule has 4 heteroatoms. The third kappa shape index (κ3) is 2.45. The fourth-order valence-electron chi connectivity index (χ4n) is 3.08. The number of halogens is 1. The summed E-state index contributed by atoms with van der Waals surface area (Å²) < 4.78 is 13.0. The van der Waals surface area contributed by atoms with Crippen LogP contribution in [0.15, 0.2) is 66.9 Å². The van der Waals surface area contributed by atoms with Crippen LogP contribution >= 0.6 is 0 Å². The number of hydrogen-bond acceptors (Lipinski definition) is 3. The second-order valence-corrected chi connectivity index (χ2v) is 5.62. The molecule has 0 radical (unpaired) electrons. The number of rotatable bonds is 4. The second kappa shape index (κ2) is 5.59. The van der Waals surface area contributed by atoms with Gasteiger partial charge in [0.05, 0.1) is 12.1 Å². The summed E-state index contributed by atoms with van der Waals surface area (Å²) in [7, 11) is 0. The predicted molar refractivity (Wildman–Crippen MR) is 85.5 cm³/mol. The van der Waals surface area contributed by atoms with Crippen LogP contribution in [0.3, 0.4) is 0 Å². The molecule has 112 valence electrons. The van der Waals surface area contributed by atoms with Crippen molar-refractivity contribution in [1.29, 1.82) is 10.5 Å². The molecule has 1 saturated carbocycles. The van der Waals surface area contributed by atoms with E-state index in [0.29, 0.717) is 11.4 Å². The number of allylic oxidation sites excluding steroid dienone is 1. The molecule has 0 amide bonds. The lowest BCUT2D eigenvalue weighted by Crippen LogP contribution is -2.05. The first-order valence-electron chi connectivity index (χ1n) is 7.21. The van der Waals surface area contributed by atoms with Gasteiger partial charge >= 0.3 is 0 Å². The van der Waals surface area contributed by atoms with Crippen molar-refractivity contribution >= 4 is 5.69 Å². The van der Waals surface area contributed by atoms with Crippen LogP contribution in [0.25, 0.3) is 0 Å². The zero-order chi connectivity index (χ0) is 16.4. The van der Waals surface area contributed by atoms with Crippen molar-refractivity contribution in [1.82, 2.24) is 0 Å². The number of benzene rings is 2. The van der Waals surface area contributed by atoms with E-state index in [1.54, 1.807) is 12.1 Å². The lowest BCUT2D eigenvalue weighted by molar-refractivity contribution is 0.628. The molecule has 2 aromatic rings. The summed E-state index contributed by atoms with van der Waals surface area (Å²) in [4.78, 5) is 0. The number of nitrogens with one attached hydrogen (secondary N) is 1. The van der Waals surface area contributed by atoms with E-state index in [9.17, 15) is 14.9 Å². The van der Waals surface area contributed by atoms with E-state index < -0.39 is 5.41 Å². The van der Waals surface area contributed by atoms with Gasteiger partial charge in [0.15, 0.2) is 5.41 Å². The van der Waals surface area contributed by atoms with Gasteiger partial charge in [-0.15, -0.1) is 0 Å². The molecule has 2 unspecified atom stereocenters. The maximum Gasteiger partial charge on any atom is 0.160 e. The number of nitriles is 2. The van der Waals surface area contributed by atoms with Gasteiger partial charge in [0.1, 0.15) is 5.82 Å². The van der Waals surface area contributed by atoms with Gasteiger partial charge in [-0.05, 0) is 29.8 Å². The third-order valence-corrected chi connectivity index (χ3v) is 4.26. The Balaban J connectivity index is 1.86. The van der Waals surface area contributed by atoms with Crippen molar-refractivity contribution in [3.8, 4) is 12.1 Å². The topological polar surface area (TPSA) is 59.6 Å². The highest BCUT2D eigenvalue weighted by molar-refractivity contribution is 5.55. The fourth-order valence-corrected chi connectivity index (χ4v) is 3.08. The molecule has 3 rings (SSSR count). The van der Waals surface area contributed by atoms with Crippen LogP contribution in [0.5, 0.6) is 0 Å². The molecule has 0 heterocycles. The zero-order valence-electron chi connectivity index (χ0n) is 12.3. The number of nitrogens with zero attached hydrogens (tertiary/aromatic N) is 2. The first-order chi connectivity index (χ1) is 11.1. The van der Waals surface area contributed by atoms with Gasteiger partial charge in [0, 0.05) is 23.2 Å². The van der Waals surface area contributed by atoms with Crippen molar-refractivity contribution < 1.29 is 4.39 Å². The molecule has 2 aromatic carbocycles. The van der Waals surface area contributed by atoms with E-state index in [0.717, 1.165) is 5.56 Å². The van der Waals surface area contributed by atoms with E-state index in [4.69, 9.17) is 0 Å². The van der Waals surface area contributed by atoms with E-state index in [2.05, 4.69) is 24.0 Å². The van der Waals surface area contributed by atoms with Crippen LogP contribution in [0.1, 0.15) is 11.5 Å². The number of anilines is 1. The van der Waals surface area contributed by atoms with Crippen molar-refractivity contribution in [3.63, 3.8) is 0 Å². The SMILES string of the molecule is C=C(Nc1ccc(F)cc1)C1C(c2ccccc2)C1(C#N)C#N. The van der Waals surface area contributed by atoms with Crippen LogP contribution in [0, 0.1) is 39.8 Å². The standard InChI is InChI=1S/C19H14FN3/c1-13(23-16-9-7-15(20)8-10-16)17-18(19(17,11-21)12-22)14-5-3-2-4-6-14/h2-10,17-18,23H,1H2. The Bertz CT molecular complexity index is 798. The van der Waals surface area contributed by atoms with Crippen LogP contribution < -0.4 is 5.32 Å². The largest absolute Gasteiger partial charge is 0.359 e. The van der Waals surface area contributed by atoms with E-state index >= 15 is 0 Å². The van der Waals surface area contributed by atoms with Crippen molar-refractivity contribution in [3.05, 3.63) is 78.3 Å². The average Bonchev–Trinajstić information content (AvgIpc) is 3.27. The van der Waals surface area contributed by atoms with E-state index in [-0.39, 0.29) is 17.7 Å². The molecule has 1 aliphatic carbocycles. The maximum absolute atomic E-state index is 13.0. The summed E-state index contributed by atoms with van der Waals surface area (Å²) in [5.74, 6) is -0.831. The molecule has 0 saturated heterocycles. The first-order valence-corrected chi connectivity index (χ1v) is 7.21. The molecule has 3 nitrogen and oxygen atoms in total. The molecule has 2 atom stereocenters. The third-order valence-electron chi connectivity index (χ3n) is 4.26. The van der Waals surface area contributed by atoms with Crippen LogP contribution in [0.2, 0.25) is 0 Å². The number of hydrogen-bond donors (Lipinski definition) is 1. The smallest absolute Gasteiger partial charge is 0.160 e. The first kappa shape index (κ1) is 14.8. The summed E-state index contributed by atoms with van der Waals surface area (Å²) in [6.07, 6.45) is 0. The van der Waals surface area contributed by atoms with E-state index in [1.807, 2.05) is 30.3 Å². The molecule has 0 aromatic heterocycles. The maximum atomic E-state index is 13.0. The Hall–Kier alpha value is -3.11. The normalized spacial score (nSPS) is 20.8. The van der Waals surface area contributed by atoms with Crippen molar-refractivity contribution in [2.24, 2.45) is 11.3 Å². The van der Waals surface area contributed by atoms with Gasteiger partial charge < -0.3 is 5.32 Å². The minimum atomic E-state index is -1.11. The zero-order valence-corrected chi connectivity index (χ0v) is 12.3. The highest BCUT2D eigenvalue weighted by Gasteiger charge is 2.68. The summed E-state index contributed by atoms with van der Waals surface area (Å²) >= 11 is 0. The summed E-state index contributed by atoms with van der Waals surface area (Å²) in [5.41, 5.74) is 1.11. The molecule has 1 N–H and O–H groups in total. The van der Waals surface area contributed by atoms with Gasteiger partial charge in [-0.3, -0.25) is 0 Å². The highest BCUT2D eigenvalue weighted by atomic mass is 19.1.